The zero-order valence-corrected chi connectivity index (χ0v) is 13.4. The van der Waals surface area contributed by atoms with Gasteiger partial charge in [0.05, 0.1) is 5.56 Å². The quantitative estimate of drug-likeness (QED) is 0.779. The van der Waals surface area contributed by atoms with Gasteiger partial charge in [-0.2, -0.15) is 0 Å². The van der Waals surface area contributed by atoms with Crippen molar-refractivity contribution in [3.63, 3.8) is 0 Å². The van der Waals surface area contributed by atoms with E-state index in [0.29, 0.717) is 12.0 Å². The van der Waals surface area contributed by atoms with Crippen LogP contribution in [0.5, 0.6) is 0 Å². The van der Waals surface area contributed by atoms with E-state index in [-0.39, 0.29) is 5.56 Å². The summed E-state index contributed by atoms with van der Waals surface area (Å²) in [6, 6.07) is 6.44. The van der Waals surface area contributed by atoms with E-state index >= 15 is 0 Å². The summed E-state index contributed by atoms with van der Waals surface area (Å²) in [7, 11) is 0. The Hall–Kier alpha value is -2.41. The maximum Gasteiger partial charge on any atom is 0.281 e. The number of aryl methyl sites for hydroxylation is 1. The SMILES string of the molecule is CCc1ccc(CC(F)(F)C(O)c2ccc(F)cc2)c(F)c1C(N)=O. The predicted octanol–water partition coefficient (Wildman–Crippen LogP) is 3.54. The molecule has 0 aliphatic carbocycles. The lowest BCUT2D eigenvalue weighted by Crippen LogP contribution is -2.30. The van der Waals surface area contributed by atoms with Crippen molar-refractivity contribution in [3.05, 3.63) is 70.3 Å². The number of hydrogen-bond donors (Lipinski definition) is 2. The highest BCUT2D eigenvalue weighted by Gasteiger charge is 2.40. The van der Waals surface area contributed by atoms with Crippen molar-refractivity contribution in [1.82, 2.24) is 0 Å². The monoisotopic (exact) mass is 355 g/mol. The molecule has 25 heavy (non-hydrogen) atoms. The zero-order chi connectivity index (χ0) is 18.8. The number of benzene rings is 2. The van der Waals surface area contributed by atoms with E-state index in [1.54, 1.807) is 6.92 Å². The Labute approximate surface area is 142 Å². The van der Waals surface area contributed by atoms with Crippen LogP contribution in [0.15, 0.2) is 36.4 Å². The molecule has 0 fully saturated rings. The van der Waals surface area contributed by atoms with Gasteiger partial charge in [-0.05, 0) is 35.2 Å². The Balaban J connectivity index is 2.35. The van der Waals surface area contributed by atoms with E-state index in [0.717, 1.165) is 30.3 Å². The van der Waals surface area contributed by atoms with Gasteiger partial charge in [-0.25, -0.2) is 17.6 Å². The van der Waals surface area contributed by atoms with E-state index in [1.165, 1.54) is 6.07 Å². The van der Waals surface area contributed by atoms with Crippen LogP contribution in [0.4, 0.5) is 17.6 Å². The molecule has 1 atom stereocenters. The molecular formula is C18H17F4NO2. The van der Waals surface area contributed by atoms with Crippen molar-refractivity contribution in [2.75, 3.05) is 0 Å². The van der Waals surface area contributed by atoms with Gasteiger partial charge in [-0.15, -0.1) is 0 Å². The van der Waals surface area contributed by atoms with Crippen LogP contribution in [0.2, 0.25) is 0 Å². The molecule has 0 aliphatic rings. The Morgan fingerprint density at radius 3 is 2.20 bits per heavy atom. The Bertz CT molecular complexity index is 775. The Morgan fingerprint density at radius 1 is 1.12 bits per heavy atom. The van der Waals surface area contributed by atoms with E-state index in [4.69, 9.17) is 5.73 Å². The molecule has 0 heterocycles. The number of hydrogen-bond acceptors (Lipinski definition) is 2. The number of aliphatic hydroxyl groups is 1. The van der Waals surface area contributed by atoms with Crippen molar-refractivity contribution in [2.45, 2.75) is 31.8 Å². The number of nitrogens with two attached hydrogens (primary N) is 1. The molecule has 2 rings (SSSR count). The first-order valence-electron chi connectivity index (χ1n) is 7.58. The van der Waals surface area contributed by atoms with E-state index in [1.807, 2.05) is 0 Å². The fourth-order valence-electron chi connectivity index (χ4n) is 2.60. The van der Waals surface area contributed by atoms with Gasteiger partial charge >= 0.3 is 0 Å². The number of carbonyl (C=O) groups excluding carboxylic acids is 1. The lowest BCUT2D eigenvalue weighted by atomic mass is 9.93. The molecule has 0 radical (unpaired) electrons. The van der Waals surface area contributed by atoms with Crippen molar-refractivity contribution in [1.29, 1.82) is 0 Å². The van der Waals surface area contributed by atoms with Crippen molar-refractivity contribution in [2.24, 2.45) is 5.73 Å². The first-order valence-corrected chi connectivity index (χ1v) is 7.58. The summed E-state index contributed by atoms with van der Waals surface area (Å²) in [6.45, 7) is 1.67. The lowest BCUT2D eigenvalue weighted by Gasteiger charge is -2.24. The minimum absolute atomic E-state index is 0.202. The molecule has 0 aromatic heterocycles. The van der Waals surface area contributed by atoms with Gasteiger partial charge < -0.3 is 10.8 Å². The number of carbonyl (C=O) groups is 1. The maximum absolute atomic E-state index is 14.5. The van der Waals surface area contributed by atoms with Crippen LogP contribution < -0.4 is 5.73 Å². The second-order valence-corrected chi connectivity index (χ2v) is 5.68. The number of alkyl halides is 2. The highest BCUT2D eigenvalue weighted by molar-refractivity contribution is 5.94. The number of amides is 1. The van der Waals surface area contributed by atoms with Crippen LogP contribution in [-0.2, 0) is 12.8 Å². The highest BCUT2D eigenvalue weighted by atomic mass is 19.3. The van der Waals surface area contributed by atoms with Crippen LogP contribution in [0.1, 0.15) is 40.1 Å². The summed E-state index contributed by atoms with van der Waals surface area (Å²) >= 11 is 0. The predicted molar refractivity (Wildman–Crippen MR) is 84.3 cm³/mol. The Morgan fingerprint density at radius 2 is 1.68 bits per heavy atom. The summed E-state index contributed by atoms with van der Waals surface area (Å²) in [6.07, 6.45) is -3.08. The van der Waals surface area contributed by atoms with Gasteiger partial charge in [0.25, 0.3) is 11.8 Å². The van der Waals surface area contributed by atoms with Gasteiger partial charge in [-0.1, -0.05) is 31.2 Å². The highest BCUT2D eigenvalue weighted by Crippen LogP contribution is 2.35. The summed E-state index contributed by atoms with van der Waals surface area (Å²) < 4.78 is 56.0. The van der Waals surface area contributed by atoms with Gasteiger partial charge in [0.15, 0.2) is 0 Å². The molecule has 2 aromatic rings. The van der Waals surface area contributed by atoms with Crippen molar-refractivity contribution < 1.29 is 27.5 Å². The molecule has 2 aromatic carbocycles. The minimum Gasteiger partial charge on any atom is -0.382 e. The summed E-state index contributed by atoms with van der Waals surface area (Å²) in [5, 5.41) is 9.88. The number of rotatable bonds is 6. The van der Waals surface area contributed by atoms with Crippen LogP contribution in [0.3, 0.4) is 0 Å². The summed E-state index contributed by atoms with van der Waals surface area (Å²) in [5.41, 5.74) is 4.39. The first kappa shape index (κ1) is 18.9. The third-order valence-electron chi connectivity index (χ3n) is 3.95. The maximum atomic E-state index is 14.5. The molecular weight excluding hydrogens is 338 g/mol. The average molecular weight is 355 g/mol. The van der Waals surface area contributed by atoms with Gasteiger partial charge in [0.2, 0.25) is 0 Å². The van der Waals surface area contributed by atoms with Crippen LogP contribution in [0.25, 0.3) is 0 Å². The van der Waals surface area contributed by atoms with Crippen molar-refractivity contribution in [3.8, 4) is 0 Å². The standard InChI is InChI=1S/C18H17F4NO2/c1-2-10-3-4-12(15(20)14(10)17(23)25)9-18(21,22)16(24)11-5-7-13(19)8-6-11/h3-8,16,24H,2,9H2,1H3,(H2,23,25). The Kier molecular flexibility index (Phi) is 5.47. The van der Waals surface area contributed by atoms with Crippen LogP contribution >= 0.6 is 0 Å². The molecule has 0 bridgehead atoms. The second-order valence-electron chi connectivity index (χ2n) is 5.68. The molecule has 134 valence electrons. The summed E-state index contributed by atoms with van der Waals surface area (Å²) in [5.74, 6) is -6.52. The number of primary amides is 1. The minimum atomic E-state index is -3.73. The van der Waals surface area contributed by atoms with Gasteiger partial charge in [0.1, 0.15) is 17.7 Å². The van der Waals surface area contributed by atoms with E-state index < -0.39 is 47.1 Å². The smallest absolute Gasteiger partial charge is 0.281 e. The van der Waals surface area contributed by atoms with E-state index in [9.17, 15) is 27.5 Å². The summed E-state index contributed by atoms with van der Waals surface area (Å²) in [4.78, 5) is 11.4. The molecule has 1 amide bonds. The fraction of sp³-hybridized carbons (Fsp3) is 0.278. The number of halogens is 4. The normalized spacial score (nSPS) is 12.9. The van der Waals surface area contributed by atoms with E-state index in [2.05, 4.69) is 0 Å². The zero-order valence-electron chi connectivity index (χ0n) is 13.4. The second kappa shape index (κ2) is 7.23. The van der Waals surface area contributed by atoms with Gasteiger partial charge in [0, 0.05) is 6.42 Å². The van der Waals surface area contributed by atoms with Gasteiger partial charge in [-0.3, -0.25) is 4.79 Å². The lowest BCUT2D eigenvalue weighted by molar-refractivity contribution is -0.110. The van der Waals surface area contributed by atoms with Crippen LogP contribution in [0, 0.1) is 11.6 Å². The van der Waals surface area contributed by atoms with Crippen LogP contribution in [-0.4, -0.2) is 16.9 Å². The molecule has 1 unspecified atom stereocenters. The first-order chi connectivity index (χ1) is 11.7. The van der Waals surface area contributed by atoms with Crippen molar-refractivity contribution >= 4 is 5.91 Å². The largest absolute Gasteiger partial charge is 0.382 e. The topological polar surface area (TPSA) is 63.3 Å². The average Bonchev–Trinajstić information content (AvgIpc) is 2.56. The molecule has 0 aliphatic heterocycles. The molecule has 0 saturated heterocycles. The molecule has 0 saturated carbocycles. The molecule has 3 N–H and O–H groups in total. The third-order valence-corrected chi connectivity index (χ3v) is 3.95. The number of aliphatic hydroxyl groups excluding tert-OH is 1. The molecule has 3 nitrogen and oxygen atoms in total. The third kappa shape index (κ3) is 3.99. The fourth-order valence-corrected chi connectivity index (χ4v) is 2.60. The molecule has 0 spiro atoms. The molecule has 7 heteroatoms.